The van der Waals surface area contributed by atoms with E-state index in [1.165, 1.54) is 25.1 Å². The molecule has 2 aromatic carbocycles. The van der Waals surface area contributed by atoms with Crippen LogP contribution in [0.4, 0.5) is 10.1 Å². The second-order valence-electron chi connectivity index (χ2n) is 6.11. The van der Waals surface area contributed by atoms with E-state index in [2.05, 4.69) is 10.0 Å². The smallest absolute Gasteiger partial charge is 0.262 e. The van der Waals surface area contributed by atoms with Crippen molar-refractivity contribution in [3.63, 3.8) is 0 Å². The fourth-order valence-electron chi connectivity index (χ4n) is 2.33. The van der Waals surface area contributed by atoms with Crippen LogP contribution in [0.25, 0.3) is 0 Å². The molecule has 0 fully saturated rings. The Morgan fingerprint density at radius 1 is 1.23 bits per heavy atom. The van der Waals surface area contributed by atoms with Crippen LogP contribution in [0.1, 0.15) is 22.8 Å². The first-order chi connectivity index (χ1) is 12.2. The maximum absolute atomic E-state index is 13.2. The molecule has 0 aliphatic carbocycles. The molecule has 0 bridgehead atoms. The van der Waals surface area contributed by atoms with Crippen molar-refractivity contribution in [3.05, 3.63) is 59.4 Å². The Balaban J connectivity index is 2.28. The van der Waals surface area contributed by atoms with Gasteiger partial charge in [0.1, 0.15) is 5.82 Å². The summed E-state index contributed by atoms with van der Waals surface area (Å²) in [6.07, 6.45) is 0. The number of hydrogen-bond donors (Lipinski definition) is 3. The molecular formula is C18H22FN3O3S. The highest BCUT2D eigenvalue weighted by Crippen LogP contribution is 2.22. The Hall–Kier alpha value is -2.45. The van der Waals surface area contributed by atoms with Gasteiger partial charge in [-0.1, -0.05) is 19.1 Å². The molecule has 0 aliphatic heterocycles. The molecule has 4 N–H and O–H groups in total. The van der Waals surface area contributed by atoms with Crippen molar-refractivity contribution >= 4 is 21.6 Å². The number of carbonyl (C=O) groups excluding carboxylic acids is 1. The zero-order valence-corrected chi connectivity index (χ0v) is 15.4. The summed E-state index contributed by atoms with van der Waals surface area (Å²) in [5, 5.41) is 2.73. The molecule has 0 spiro atoms. The Labute approximate surface area is 152 Å². The van der Waals surface area contributed by atoms with Crippen molar-refractivity contribution in [1.82, 2.24) is 5.32 Å². The van der Waals surface area contributed by atoms with E-state index >= 15 is 0 Å². The summed E-state index contributed by atoms with van der Waals surface area (Å²) in [7, 11) is -3.97. The van der Waals surface area contributed by atoms with E-state index in [-0.39, 0.29) is 27.6 Å². The minimum Gasteiger partial charge on any atom is -0.352 e. The largest absolute Gasteiger partial charge is 0.352 e. The highest BCUT2D eigenvalue weighted by atomic mass is 32.2. The van der Waals surface area contributed by atoms with Gasteiger partial charge in [0.05, 0.1) is 16.1 Å². The van der Waals surface area contributed by atoms with Crippen LogP contribution in [0.15, 0.2) is 47.4 Å². The fourth-order valence-corrected chi connectivity index (χ4v) is 3.64. The average Bonchev–Trinajstić information content (AvgIpc) is 2.59. The highest BCUT2D eigenvalue weighted by Gasteiger charge is 2.20. The summed E-state index contributed by atoms with van der Waals surface area (Å²) in [6, 6.07) is 9.70. The molecule has 0 radical (unpaired) electrons. The number of halogens is 1. The minimum atomic E-state index is -3.97. The van der Waals surface area contributed by atoms with Gasteiger partial charge in [-0.3, -0.25) is 9.52 Å². The second-order valence-corrected chi connectivity index (χ2v) is 7.76. The van der Waals surface area contributed by atoms with Crippen molar-refractivity contribution in [2.75, 3.05) is 17.8 Å². The van der Waals surface area contributed by atoms with E-state index in [4.69, 9.17) is 5.73 Å². The molecule has 2 rings (SSSR count). The first-order valence-corrected chi connectivity index (χ1v) is 9.59. The van der Waals surface area contributed by atoms with Crippen LogP contribution < -0.4 is 15.8 Å². The molecular weight excluding hydrogens is 357 g/mol. The summed E-state index contributed by atoms with van der Waals surface area (Å²) in [5.41, 5.74) is 6.15. The highest BCUT2D eigenvalue weighted by molar-refractivity contribution is 7.92. The van der Waals surface area contributed by atoms with Crippen LogP contribution in [0.3, 0.4) is 0 Å². The van der Waals surface area contributed by atoms with Gasteiger partial charge >= 0.3 is 0 Å². The number of rotatable bonds is 7. The van der Waals surface area contributed by atoms with Crippen molar-refractivity contribution in [2.24, 2.45) is 11.7 Å². The van der Waals surface area contributed by atoms with Gasteiger partial charge < -0.3 is 11.1 Å². The maximum Gasteiger partial charge on any atom is 0.262 e. The third kappa shape index (κ3) is 4.80. The predicted molar refractivity (Wildman–Crippen MR) is 98.9 cm³/mol. The summed E-state index contributed by atoms with van der Waals surface area (Å²) >= 11 is 0. The van der Waals surface area contributed by atoms with Crippen LogP contribution in [-0.2, 0) is 10.0 Å². The molecule has 0 saturated carbocycles. The van der Waals surface area contributed by atoms with Gasteiger partial charge in [-0.2, -0.15) is 0 Å². The van der Waals surface area contributed by atoms with Gasteiger partial charge in [-0.25, -0.2) is 12.8 Å². The number of benzene rings is 2. The monoisotopic (exact) mass is 379 g/mol. The van der Waals surface area contributed by atoms with Crippen molar-refractivity contribution < 1.29 is 17.6 Å². The predicted octanol–water partition coefficient (Wildman–Crippen LogP) is 2.26. The first kappa shape index (κ1) is 19.9. The van der Waals surface area contributed by atoms with Crippen LogP contribution in [0, 0.1) is 18.7 Å². The lowest BCUT2D eigenvalue weighted by molar-refractivity contribution is 0.0949. The Bertz CT molecular complexity index is 900. The molecule has 26 heavy (non-hydrogen) atoms. The SMILES string of the molecule is Cc1cc(F)ccc1S(=O)(=O)Nc1ccccc1C(=O)NCC(C)CN. The number of para-hydroxylation sites is 1. The summed E-state index contributed by atoms with van der Waals surface area (Å²) in [4.78, 5) is 12.3. The molecule has 140 valence electrons. The van der Waals surface area contributed by atoms with Crippen molar-refractivity contribution in [3.8, 4) is 0 Å². The third-order valence-electron chi connectivity index (χ3n) is 3.86. The molecule has 0 aromatic heterocycles. The van der Waals surface area contributed by atoms with Gasteiger partial charge in [0.15, 0.2) is 0 Å². The van der Waals surface area contributed by atoms with E-state index in [0.29, 0.717) is 13.1 Å². The molecule has 1 amide bonds. The number of aryl methyl sites for hydroxylation is 1. The Kier molecular flexibility index (Phi) is 6.33. The fraction of sp³-hybridized carbons (Fsp3) is 0.278. The van der Waals surface area contributed by atoms with Gasteiger partial charge in [-0.05, 0) is 55.3 Å². The molecule has 0 aliphatic rings. The number of carbonyl (C=O) groups is 1. The van der Waals surface area contributed by atoms with Crippen LogP contribution >= 0.6 is 0 Å². The van der Waals surface area contributed by atoms with Crippen LogP contribution in [-0.4, -0.2) is 27.4 Å². The van der Waals surface area contributed by atoms with Crippen molar-refractivity contribution in [1.29, 1.82) is 0 Å². The molecule has 1 atom stereocenters. The summed E-state index contributed by atoms with van der Waals surface area (Å²) in [5.74, 6) is -0.820. The lowest BCUT2D eigenvalue weighted by Gasteiger charge is -2.15. The Morgan fingerprint density at radius 3 is 2.58 bits per heavy atom. The van der Waals surface area contributed by atoms with E-state index < -0.39 is 21.7 Å². The average molecular weight is 379 g/mol. The number of sulfonamides is 1. The number of amides is 1. The van der Waals surface area contributed by atoms with Crippen LogP contribution in [0.5, 0.6) is 0 Å². The maximum atomic E-state index is 13.2. The zero-order chi connectivity index (χ0) is 19.3. The van der Waals surface area contributed by atoms with Gasteiger partial charge in [0.25, 0.3) is 15.9 Å². The first-order valence-electron chi connectivity index (χ1n) is 8.11. The standard InChI is InChI=1S/C18H22FN3O3S/c1-12(10-20)11-21-18(23)15-5-3-4-6-16(15)22-26(24,25)17-8-7-14(19)9-13(17)2/h3-9,12,22H,10-11,20H2,1-2H3,(H,21,23). The molecule has 8 heteroatoms. The molecule has 0 saturated heterocycles. The number of hydrogen-bond acceptors (Lipinski definition) is 4. The normalized spacial score (nSPS) is 12.5. The van der Waals surface area contributed by atoms with E-state index in [1.807, 2.05) is 6.92 Å². The number of nitrogens with two attached hydrogens (primary N) is 1. The molecule has 0 heterocycles. The molecule has 2 aromatic rings. The summed E-state index contributed by atoms with van der Waals surface area (Å²) in [6.45, 7) is 4.21. The topological polar surface area (TPSA) is 101 Å². The van der Waals surface area contributed by atoms with Gasteiger partial charge in [0, 0.05) is 6.54 Å². The number of anilines is 1. The summed E-state index contributed by atoms with van der Waals surface area (Å²) < 4.78 is 40.9. The lowest BCUT2D eigenvalue weighted by Crippen LogP contribution is -2.32. The minimum absolute atomic E-state index is 0.0501. The zero-order valence-electron chi connectivity index (χ0n) is 14.6. The van der Waals surface area contributed by atoms with Crippen LogP contribution in [0.2, 0.25) is 0 Å². The van der Waals surface area contributed by atoms with E-state index in [0.717, 1.165) is 12.1 Å². The second kappa shape index (κ2) is 8.29. The van der Waals surface area contributed by atoms with Gasteiger partial charge in [-0.15, -0.1) is 0 Å². The molecule has 1 unspecified atom stereocenters. The van der Waals surface area contributed by atoms with Crippen molar-refractivity contribution in [2.45, 2.75) is 18.7 Å². The quantitative estimate of drug-likeness (QED) is 0.687. The van der Waals surface area contributed by atoms with Gasteiger partial charge in [0.2, 0.25) is 0 Å². The third-order valence-corrected chi connectivity index (χ3v) is 5.38. The van der Waals surface area contributed by atoms with E-state index in [1.54, 1.807) is 12.1 Å². The molecule has 6 nitrogen and oxygen atoms in total. The Morgan fingerprint density at radius 2 is 1.92 bits per heavy atom. The number of nitrogens with one attached hydrogen (secondary N) is 2. The lowest BCUT2D eigenvalue weighted by atomic mass is 10.1. The van der Waals surface area contributed by atoms with E-state index in [9.17, 15) is 17.6 Å².